The van der Waals surface area contributed by atoms with Crippen LogP contribution < -0.4 is 9.80 Å². The molecule has 1 aromatic heterocycles. The maximum atomic E-state index is 14.0. The number of anilines is 2. The Labute approximate surface area is 203 Å². The molecule has 35 heavy (non-hydrogen) atoms. The first-order valence-corrected chi connectivity index (χ1v) is 12.1. The molecule has 0 N–H and O–H groups in total. The highest BCUT2D eigenvalue weighted by Gasteiger charge is 2.44. The van der Waals surface area contributed by atoms with Gasteiger partial charge in [-0.25, -0.2) is 4.98 Å². The van der Waals surface area contributed by atoms with E-state index in [1.165, 1.54) is 11.1 Å². The minimum absolute atomic E-state index is 0.0237. The average Bonchev–Trinajstić information content (AvgIpc) is 2.91. The number of aromatic nitrogens is 1. The normalized spacial score (nSPS) is 21.1. The lowest BCUT2D eigenvalue weighted by Gasteiger charge is -2.50. The molecule has 0 spiro atoms. The van der Waals surface area contributed by atoms with Gasteiger partial charge in [0.15, 0.2) is 0 Å². The Morgan fingerprint density at radius 2 is 1.80 bits per heavy atom. The predicted molar refractivity (Wildman–Crippen MR) is 133 cm³/mol. The first-order chi connectivity index (χ1) is 17.1. The summed E-state index contributed by atoms with van der Waals surface area (Å²) in [5.74, 6) is 0.774. The van der Waals surface area contributed by atoms with Gasteiger partial charge in [0.2, 0.25) is 5.91 Å². The fourth-order valence-electron chi connectivity index (χ4n) is 5.87. The monoisotopic (exact) mass is 469 g/mol. The van der Waals surface area contributed by atoms with Crippen LogP contribution in [0.1, 0.15) is 16.7 Å². The van der Waals surface area contributed by atoms with Crippen molar-refractivity contribution in [3.8, 4) is 0 Å². The number of benzene rings is 2. The second-order valence-electron chi connectivity index (χ2n) is 9.55. The summed E-state index contributed by atoms with van der Waals surface area (Å²) in [7, 11) is 0. The Balaban J connectivity index is 1.34. The molecule has 1 saturated heterocycles. The lowest BCUT2D eigenvalue weighted by Crippen LogP contribution is -2.61. The summed E-state index contributed by atoms with van der Waals surface area (Å²) in [5, 5.41) is 11.5. The average molecular weight is 470 g/mol. The Morgan fingerprint density at radius 1 is 0.971 bits per heavy atom. The number of hydrogen-bond donors (Lipinski definition) is 0. The van der Waals surface area contributed by atoms with E-state index in [0.717, 1.165) is 36.6 Å². The van der Waals surface area contributed by atoms with Gasteiger partial charge < -0.3 is 14.7 Å². The quantitative estimate of drug-likeness (QED) is 0.432. The van der Waals surface area contributed by atoms with Crippen LogP contribution in [0.5, 0.6) is 0 Å². The molecule has 0 unspecified atom stereocenters. The molecule has 2 aromatic carbocycles. The Kier molecular flexibility index (Phi) is 5.36. The van der Waals surface area contributed by atoms with E-state index in [9.17, 15) is 14.9 Å². The number of non-ortho nitro benzene ring substituents is 1. The fraction of sp³-hybridized carbons (Fsp3) is 0.333. The van der Waals surface area contributed by atoms with Crippen LogP contribution in [0, 0.1) is 16.0 Å². The van der Waals surface area contributed by atoms with Crippen LogP contribution in [0.3, 0.4) is 0 Å². The number of pyridine rings is 1. The second-order valence-corrected chi connectivity index (χ2v) is 9.55. The van der Waals surface area contributed by atoms with Gasteiger partial charge in [0.25, 0.3) is 5.69 Å². The van der Waals surface area contributed by atoms with Crippen molar-refractivity contribution in [2.75, 3.05) is 36.0 Å². The van der Waals surface area contributed by atoms with Crippen molar-refractivity contribution >= 4 is 23.1 Å². The zero-order chi connectivity index (χ0) is 23.9. The molecule has 3 aliphatic heterocycles. The number of amides is 1. The second kappa shape index (κ2) is 8.69. The number of nitrogens with zero attached hydrogens (tertiary/aromatic N) is 5. The van der Waals surface area contributed by atoms with Crippen molar-refractivity contribution in [1.82, 2.24) is 9.88 Å². The molecule has 178 valence electrons. The van der Waals surface area contributed by atoms with E-state index < -0.39 is 0 Å². The van der Waals surface area contributed by atoms with Gasteiger partial charge in [-0.3, -0.25) is 14.9 Å². The van der Waals surface area contributed by atoms with Crippen LogP contribution in [0.4, 0.5) is 17.2 Å². The molecular weight excluding hydrogens is 442 g/mol. The van der Waals surface area contributed by atoms with Gasteiger partial charge in [-0.05, 0) is 47.7 Å². The SMILES string of the molecule is O=C([C@H]1Cc2cc([N+](=O)[O-])ccc2N2CCN(c3ccccn3)C[C@@H]12)N1CCc2ccccc2C1. The van der Waals surface area contributed by atoms with E-state index in [-0.39, 0.29) is 28.5 Å². The summed E-state index contributed by atoms with van der Waals surface area (Å²) in [4.78, 5) is 36.2. The van der Waals surface area contributed by atoms with Gasteiger partial charge >= 0.3 is 0 Å². The van der Waals surface area contributed by atoms with Gasteiger partial charge in [0.1, 0.15) is 5.82 Å². The summed E-state index contributed by atoms with van der Waals surface area (Å²) in [6, 6.07) is 19.3. The molecule has 2 atom stereocenters. The minimum atomic E-state index is -0.357. The maximum absolute atomic E-state index is 14.0. The van der Waals surface area contributed by atoms with Crippen molar-refractivity contribution in [2.45, 2.75) is 25.4 Å². The molecule has 3 aliphatic rings. The molecule has 4 heterocycles. The lowest BCUT2D eigenvalue weighted by molar-refractivity contribution is -0.384. The van der Waals surface area contributed by atoms with Crippen LogP contribution >= 0.6 is 0 Å². The molecule has 8 heteroatoms. The predicted octanol–water partition coefficient (Wildman–Crippen LogP) is 3.44. The molecule has 8 nitrogen and oxygen atoms in total. The largest absolute Gasteiger partial charge is 0.364 e. The van der Waals surface area contributed by atoms with Crippen LogP contribution in [0.2, 0.25) is 0 Å². The summed E-state index contributed by atoms with van der Waals surface area (Å²) in [5.41, 5.74) is 4.48. The summed E-state index contributed by atoms with van der Waals surface area (Å²) < 4.78 is 0. The topological polar surface area (TPSA) is 82.8 Å². The number of rotatable bonds is 3. The van der Waals surface area contributed by atoms with E-state index in [4.69, 9.17) is 0 Å². The van der Waals surface area contributed by atoms with Gasteiger partial charge in [0.05, 0.1) is 16.9 Å². The van der Waals surface area contributed by atoms with Gasteiger partial charge in [-0.2, -0.15) is 0 Å². The molecule has 0 aliphatic carbocycles. The van der Waals surface area contributed by atoms with Crippen molar-refractivity contribution in [3.05, 3.63) is 93.7 Å². The summed E-state index contributed by atoms with van der Waals surface area (Å²) in [6.45, 7) is 3.52. The van der Waals surface area contributed by atoms with Crippen LogP contribution in [-0.4, -0.2) is 52.9 Å². The standard InChI is InChI=1S/C27H27N5O3/c33-27(30-12-10-19-5-1-2-6-20(19)17-30)23-16-21-15-22(32(34)35)8-9-24(21)31-14-13-29(18-25(23)31)26-7-3-4-11-28-26/h1-9,11,15,23,25H,10,12-14,16-18H2/t23-,25-/m0/s1. The zero-order valence-corrected chi connectivity index (χ0v) is 19.4. The smallest absolute Gasteiger partial charge is 0.269 e. The first-order valence-electron chi connectivity index (χ1n) is 12.1. The van der Waals surface area contributed by atoms with Crippen LogP contribution in [-0.2, 0) is 24.2 Å². The number of carbonyl (C=O) groups excluding carboxylic acids is 1. The Hall–Kier alpha value is -3.94. The molecule has 0 radical (unpaired) electrons. The molecule has 0 bridgehead atoms. The molecule has 0 saturated carbocycles. The van der Waals surface area contributed by atoms with Crippen LogP contribution in [0.25, 0.3) is 0 Å². The van der Waals surface area contributed by atoms with Gasteiger partial charge in [0, 0.05) is 56.7 Å². The first kappa shape index (κ1) is 21.6. The Morgan fingerprint density at radius 3 is 2.60 bits per heavy atom. The highest BCUT2D eigenvalue weighted by atomic mass is 16.6. The van der Waals surface area contributed by atoms with E-state index >= 15 is 0 Å². The van der Waals surface area contributed by atoms with Gasteiger partial charge in [-0.15, -0.1) is 0 Å². The maximum Gasteiger partial charge on any atom is 0.269 e. The highest BCUT2D eigenvalue weighted by molar-refractivity contribution is 5.83. The van der Waals surface area contributed by atoms with E-state index in [1.807, 2.05) is 41.3 Å². The van der Waals surface area contributed by atoms with E-state index in [0.29, 0.717) is 26.1 Å². The molecule has 1 amide bonds. The fourth-order valence-corrected chi connectivity index (χ4v) is 5.87. The van der Waals surface area contributed by atoms with Gasteiger partial charge in [-0.1, -0.05) is 30.3 Å². The molecule has 6 rings (SSSR count). The minimum Gasteiger partial charge on any atom is -0.364 e. The number of carbonyl (C=O) groups is 1. The molecular formula is C27H27N5O3. The van der Waals surface area contributed by atoms with Crippen molar-refractivity contribution < 1.29 is 9.72 Å². The third-order valence-electron chi connectivity index (χ3n) is 7.64. The van der Waals surface area contributed by atoms with E-state index in [2.05, 4.69) is 26.9 Å². The highest BCUT2D eigenvalue weighted by Crippen LogP contribution is 2.39. The summed E-state index contributed by atoms with van der Waals surface area (Å²) >= 11 is 0. The number of nitro benzene ring substituents is 1. The van der Waals surface area contributed by atoms with Crippen molar-refractivity contribution in [1.29, 1.82) is 0 Å². The number of hydrogen-bond acceptors (Lipinski definition) is 6. The van der Waals surface area contributed by atoms with E-state index in [1.54, 1.807) is 18.3 Å². The Bertz CT molecular complexity index is 1280. The molecule has 3 aromatic rings. The number of fused-ring (bicyclic) bond motifs is 4. The lowest BCUT2D eigenvalue weighted by atomic mass is 9.82. The summed E-state index contributed by atoms with van der Waals surface area (Å²) in [6.07, 6.45) is 3.15. The van der Waals surface area contributed by atoms with Crippen LogP contribution in [0.15, 0.2) is 66.9 Å². The number of piperazine rings is 1. The number of nitro groups is 1. The van der Waals surface area contributed by atoms with Crippen molar-refractivity contribution in [3.63, 3.8) is 0 Å². The third-order valence-corrected chi connectivity index (χ3v) is 7.64. The molecule has 1 fully saturated rings. The zero-order valence-electron chi connectivity index (χ0n) is 19.4. The third kappa shape index (κ3) is 3.88. The van der Waals surface area contributed by atoms with Crippen molar-refractivity contribution in [2.24, 2.45) is 5.92 Å².